The zero-order valence-corrected chi connectivity index (χ0v) is 20.5. The molecular formula is C27H29F2N5O2. The summed E-state index contributed by atoms with van der Waals surface area (Å²) >= 11 is 0. The summed E-state index contributed by atoms with van der Waals surface area (Å²) in [7, 11) is 0. The lowest BCUT2D eigenvalue weighted by atomic mass is 9.69. The highest BCUT2D eigenvalue weighted by Gasteiger charge is 2.52. The van der Waals surface area contributed by atoms with Crippen LogP contribution >= 0.6 is 0 Å². The predicted molar refractivity (Wildman–Crippen MR) is 133 cm³/mol. The summed E-state index contributed by atoms with van der Waals surface area (Å²) in [6.45, 7) is 3.60. The standard InChI is InChI=1S/C27H29F2N5O2/c1-16(2)20-6-4-5-7-21(20)27(14-34(15-27)19-12-30-23(31-13-19)18-9-10-18)25(35)33-22-11-8-17(3)32-24(22)36-26(28)29/h4-8,11-13,16,18,26H,9-10,14-15H2,1-3H3,(H,33,35). The van der Waals surface area contributed by atoms with Crippen LogP contribution in [0.4, 0.5) is 20.2 Å². The molecule has 1 aliphatic carbocycles. The first-order valence-corrected chi connectivity index (χ1v) is 12.2. The Morgan fingerprint density at radius 3 is 2.44 bits per heavy atom. The number of halogens is 2. The lowest BCUT2D eigenvalue weighted by molar-refractivity contribution is -0.122. The number of aromatic nitrogens is 3. The molecule has 0 bridgehead atoms. The minimum absolute atomic E-state index is 0.114. The first-order chi connectivity index (χ1) is 17.3. The molecule has 7 nitrogen and oxygen atoms in total. The van der Waals surface area contributed by atoms with Crippen LogP contribution in [0.25, 0.3) is 0 Å². The van der Waals surface area contributed by atoms with Gasteiger partial charge >= 0.3 is 6.61 Å². The number of pyridine rings is 1. The smallest absolute Gasteiger partial charge is 0.388 e. The van der Waals surface area contributed by atoms with E-state index in [4.69, 9.17) is 0 Å². The molecule has 2 fully saturated rings. The number of alkyl halides is 2. The molecule has 5 rings (SSSR count). The molecule has 188 valence electrons. The Bertz CT molecular complexity index is 1260. The number of nitrogens with zero attached hydrogens (tertiary/aromatic N) is 4. The molecule has 0 radical (unpaired) electrons. The molecule has 2 aliphatic rings. The monoisotopic (exact) mass is 493 g/mol. The van der Waals surface area contributed by atoms with E-state index in [1.165, 1.54) is 0 Å². The second-order valence-electron chi connectivity index (χ2n) is 9.89. The van der Waals surface area contributed by atoms with Gasteiger partial charge in [0.15, 0.2) is 0 Å². The van der Waals surface area contributed by atoms with Gasteiger partial charge in [0.25, 0.3) is 0 Å². The van der Waals surface area contributed by atoms with E-state index in [-0.39, 0.29) is 23.4 Å². The number of benzene rings is 1. The molecule has 1 saturated carbocycles. The lowest BCUT2D eigenvalue weighted by Gasteiger charge is -2.51. The number of anilines is 2. The van der Waals surface area contributed by atoms with Crippen molar-refractivity contribution in [3.63, 3.8) is 0 Å². The van der Waals surface area contributed by atoms with Crippen molar-refractivity contribution in [2.24, 2.45) is 0 Å². The van der Waals surface area contributed by atoms with Crippen LogP contribution in [-0.4, -0.2) is 40.6 Å². The van der Waals surface area contributed by atoms with Crippen molar-refractivity contribution in [2.45, 2.75) is 57.5 Å². The number of rotatable bonds is 8. The average molecular weight is 494 g/mol. The highest BCUT2D eigenvalue weighted by Crippen LogP contribution is 2.43. The van der Waals surface area contributed by atoms with Gasteiger partial charge in [0, 0.05) is 24.7 Å². The molecular weight excluding hydrogens is 464 g/mol. The third kappa shape index (κ3) is 4.62. The minimum Gasteiger partial charge on any atom is -0.415 e. The average Bonchev–Trinajstić information content (AvgIpc) is 3.66. The molecule has 36 heavy (non-hydrogen) atoms. The normalized spacial score (nSPS) is 16.7. The number of ether oxygens (including phenoxy) is 1. The van der Waals surface area contributed by atoms with Crippen molar-refractivity contribution in [2.75, 3.05) is 23.3 Å². The van der Waals surface area contributed by atoms with Crippen LogP contribution in [0.2, 0.25) is 0 Å². The van der Waals surface area contributed by atoms with Gasteiger partial charge < -0.3 is 15.0 Å². The maximum atomic E-state index is 13.9. The topological polar surface area (TPSA) is 80.2 Å². The van der Waals surface area contributed by atoms with Crippen molar-refractivity contribution in [3.05, 3.63) is 71.4 Å². The molecule has 3 heterocycles. The maximum Gasteiger partial charge on any atom is 0.388 e. The van der Waals surface area contributed by atoms with E-state index in [1.807, 2.05) is 36.7 Å². The molecule has 2 aromatic heterocycles. The molecule has 1 N–H and O–H groups in total. The van der Waals surface area contributed by atoms with Crippen LogP contribution in [0.3, 0.4) is 0 Å². The Morgan fingerprint density at radius 2 is 1.81 bits per heavy atom. The van der Waals surface area contributed by atoms with Crippen LogP contribution in [0.1, 0.15) is 61.2 Å². The Kier molecular flexibility index (Phi) is 6.32. The fraction of sp³-hybridized carbons (Fsp3) is 0.407. The van der Waals surface area contributed by atoms with Gasteiger partial charge in [-0.25, -0.2) is 15.0 Å². The Hall–Kier alpha value is -3.62. The molecule has 1 aliphatic heterocycles. The van der Waals surface area contributed by atoms with Gasteiger partial charge in [0.2, 0.25) is 11.8 Å². The van der Waals surface area contributed by atoms with Crippen molar-refractivity contribution in [1.29, 1.82) is 0 Å². The van der Waals surface area contributed by atoms with E-state index in [1.54, 1.807) is 19.1 Å². The SMILES string of the molecule is Cc1ccc(NC(=O)C2(c3ccccc3C(C)C)CN(c3cnc(C4CC4)nc3)C2)c(OC(F)F)n1. The van der Waals surface area contributed by atoms with Crippen molar-refractivity contribution in [3.8, 4) is 5.88 Å². The number of carbonyl (C=O) groups is 1. The fourth-order valence-electron chi connectivity index (χ4n) is 4.75. The highest BCUT2D eigenvalue weighted by atomic mass is 19.3. The summed E-state index contributed by atoms with van der Waals surface area (Å²) in [5.74, 6) is 0.927. The van der Waals surface area contributed by atoms with E-state index >= 15 is 0 Å². The molecule has 9 heteroatoms. The largest absolute Gasteiger partial charge is 0.415 e. The maximum absolute atomic E-state index is 13.9. The molecule has 0 atom stereocenters. The van der Waals surface area contributed by atoms with Gasteiger partial charge in [-0.3, -0.25) is 4.79 Å². The van der Waals surface area contributed by atoms with Crippen molar-refractivity contribution < 1.29 is 18.3 Å². The second-order valence-corrected chi connectivity index (χ2v) is 9.89. The summed E-state index contributed by atoms with van der Waals surface area (Å²) < 4.78 is 30.6. The first kappa shape index (κ1) is 24.1. The van der Waals surface area contributed by atoms with E-state index in [0.717, 1.165) is 35.5 Å². The summed E-state index contributed by atoms with van der Waals surface area (Å²) in [6, 6.07) is 11.1. The highest BCUT2D eigenvalue weighted by molar-refractivity contribution is 6.02. The van der Waals surface area contributed by atoms with E-state index in [0.29, 0.717) is 24.7 Å². The van der Waals surface area contributed by atoms with Crippen LogP contribution < -0.4 is 15.0 Å². The van der Waals surface area contributed by atoms with Gasteiger partial charge in [-0.15, -0.1) is 0 Å². The Labute approximate surface area is 208 Å². The molecule has 1 amide bonds. The van der Waals surface area contributed by atoms with Crippen molar-refractivity contribution in [1.82, 2.24) is 15.0 Å². The van der Waals surface area contributed by atoms with E-state index in [2.05, 4.69) is 43.8 Å². The van der Waals surface area contributed by atoms with E-state index < -0.39 is 12.0 Å². The minimum atomic E-state index is -3.05. The second kappa shape index (κ2) is 9.44. The summed E-state index contributed by atoms with van der Waals surface area (Å²) in [5.41, 5.74) is 2.56. The van der Waals surface area contributed by atoms with Crippen LogP contribution in [0.15, 0.2) is 48.8 Å². The zero-order chi connectivity index (χ0) is 25.4. The summed E-state index contributed by atoms with van der Waals surface area (Å²) in [4.78, 5) is 29.1. The molecule has 1 saturated heterocycles. The van der Waals surface area contributed by atoms with Crippen LogP contribution in [0, 0.1) is 6.92 Å². The van der Waals surface area contributed by atoms with Crippen molar-refractivity contribution >= 4 is 17.3 Å². The number of carbonyl (C=O) groups excluding carboxylic acids is 1. The number of hydrogen-bond acceptors (Lipinski definition) is 6. The van der Waals surface area contributed by atoms with Crippen LogP contribution in [0.5, 0.6) is 5.88 Å². The molecule has 0 spiro atoms. The summed E-state index contributed by atoms with van der Waals surface area (Å²) in [5, 5.41) is 2.84. The van der Waals surface area contributed by atoms with E-state index in [9.17, 15) is 13.6 Å². The van der Waals surface area contributed by atoms with Gasteiger partial charge in [-0.05, 0) is 48.9 Å². The van der Waals surface area contributed by atoms with Gasteiger partial charge in [-0.1, -0.05) is 38.1 Å². The predicted octanol–water partition coefficient (Wildman–Crippen LogP) is 5.18. The zero-order valence-electron chi connectivity index (χ0n) is 20.5. The fourth-order valence-corrected chi connectivity index (χ4v) is 4.75. The quantitative estimate of drug-likeness (QED) is 0.466. The number of hydrogen-bond donors (Lipinski definition) is 1. The summed E-state index contributed by atoms with van der Waals surface area (Å²) in [6.07, 6.45) is 5.89. The number of amides is 1. The van der Waals surface area contributed by atoms with Gasteiger partial charge in [0.1, 0.15) is 16.9 Å². The number of aryl methyl sites for hydroxylation is 1. The first-order valence-electron chi connectivity index (χ1n) is 12.2. The molecule has 1 aromatic carbocycles. The Balaban J connectivity index is 1.46. The molecule has 3 aromatic rings. The third-order valence-corrected chi connectivity index (χ3v) is 6.87. The van der Waals surface area contributed by atoms with Crippen LogP contribution in [-0.2, 0) is 10.2 Å². The van der Waals surface area contributed by atoms with Gasteiger partial charge in [0.05, 0.1) is 18.1 Å². The number of nitrogens with one attached hydrogen (secondary N) is 1. The van der Waals surface area contributed by atoms with Gasteiger partial charge in [-0.2, -0.15) is 8.78 Å². The lowest BCUT2D eigenvalue weighted by Crippen LogP contribution is -2.65. The molecule has 0 unspecified atom stereocenters. The Morgan fingerprint density at radius 1 is 1.11 bits per heavy atom. The third-order valence-electron chi connectivity index (χ3n) is 6.87.